The zero-order valence-electron chi connectivity index (χ0n) is 17.4. The van der Waals surface area contributed by atoms with Gasteiger partial charge in [-0.05, 0) is 55.1 Å². The Labute approximate surface area is 189 Å². The van der Waals surface area contributed by atoms with Gasteiger partial charge in [-0.25, -0.2) is 4.99 Å². The van der Waals surface area contributed by atoms with Crippen LogP contribution in [0.5, 0.6) is 5.75 Å². The first-order valence-electron chi connectivity index (χ1n) is 10.2. The van der Waals surface area contributed by atoms with Gasteiger partial charge in [-0.3, -0.25) is 14.9 Å². The number of carbonyl (C=O) groups excluding carboxylic acids is 1. The summed E-state index contributed by atoms with van der Waals surface area (Å²) in [5.41, 5.74) is 2.10. The minimum Gasteiger partial charge on any atom is -0.494 e. The van der Waals surface area contributed by atoms with Crippen LogP contribution >= 0.6 is 11.8 Å². The summed E-state index contributed by atoms with van der Waals surface area (Å²) in [6.45, 7) is 5.02. The molecule has 0 aromatic heterocycles. The molecule has 2 heterocycles. The Morgan fingerprint density at radius 1 is 1.25 bits per heavy atom. The molecule has 32 heavy (non-hydrogen) atoms. The molecule has 2 fully saturated rings. The summed E-state index contributed by atoms with van der Waals surface area (Å²) in [6, 6.07) is 12.0. The number of benzene rings is 2. The normalized spacial score (nSPS) is 18.8. The lowest BCUT2D eigenvalue weighted by atomic mass is 10.1. The average molecular weight is 455 g/mol. The quantitative estimate of drug-likeness (QED) is 0.403. The molecule has 0 radical (unpaired) electrons. The number of nitro benzene ring substituents is 1. The van der Waals surface area contributed by atoms with Crippen molar-refractivity contribution < 1.29 is 19.2 Å². The highest BCUT2D eigenvalue weighted by atomic mass is 32.2. The second kappa shape index (κ2) is 9.84. The number of hydrogen-bond donors (Lipinski definition) is 1. The first kappa shape index (κ1) is 21.8. The molecule has 2 aliphatic heterocycles. The van der Waals surface area contributed by atoms with Crippen LogP contribution < -0.4 is 15.0 Å². The topological polar surface area (TPSA) is 106 Å². The minimum absolute atomic E-state index is 0.0273. The van der Waals surface area contributed by atoms with Gasteiger partial charge in [0.1, 0.15) is 5.75 Å². The van der Waals surface area contributed by atoms with Crippen molar-refractivity contribution in [1.82, 2.24) is 5.32 Å². The molecule has 0 unspecified atom stereocenters. The van der Waals surface area contributed by atoms with E-state index in [1.807, 2.05) is 31.2 Å². The second-order valence-electron chi connectivity index (χ2n) is 7.01. The number of carbonyl (C=O) groups is 1. The predicted octanol–water partition coefficient (Wildman–Crippen LogP) is 3.72. The van der Waals surface area contributed by atoms with Crippen molar-refractivity contribution in [3.05, 3.63) is 63.0 Å². The molecule has 166 valence electrons. The Kier molecular flexibility index (Phi) is 6.72. The summed E-state index contributed by atoms with van der Waals surface area (Å²) in [4.78, 5) is 30.4. The highest BCUT2D eigenvalue weighted by molar-refractivity contribution is 8.18. The fraction of sp³-hybridized carbons (Fsp3) is 0.273. The number of non-ortho nitro benzene ring substituents is 1. The van der Waals surface area contributed by atoms with Gasteiger partial charge in [0.2, 0.25) is 0 Å². The lowest BCUT2D eigenvalue weighted by Gasteiger charge is -2.30. The van der Waals surface area contributed by atoms with Crippen LogP contribution in [0.15, 0.2) is 52.4 Å². The number of rotatable bonds is 6. The van der Waals surface area contributed by atoms with E-state index in [1.54, 1.807) is 12.1 Å². The van der Waals surface area contributed by atoms with Crippen molar-refractivity contribution in [3.8, 4) is 5.75 Å². The Morgan fingerprint density at radius 2 is 2.00 bits per heavy atom. The van der Waals surface area contributed by atoms with Gasteiger partial charge in [0.15, 0.2) is 5.17 Å². The number of nitrogens with zero attached hydrogens (tertiary/aromatic N) is 3. The van der Waals surface area contributed by atoms with Gasteiger partial charge in [-0.15, -0.1) is 0 Å². The van der Waals surface area contributed by atoms with E-state index in [0.29, 0.717) is 54.2 Å². The third-order valence-corrected chi connectivity index (χ3v) is 5.80. The molecular formula is C22H22N4O5S. The number of amides is 1. The highest BCUT2D eigenvalue weighted by Crippen LogP contribution is 2.33. The van der Waals surface area contributed by atoms with Crippen LogP contribution in [0.2, 0.25) is 0 Å². The van der Waals surface area contributed by atoms with E-state index >= 15 is 0 Å². The molecule has 2 aromatic carbocycles. The molecule has 4 rings (SSSR count). The molecule has 1 amide bonds. The number of amidine groups is 1. The van der Waals surface area contributed by atoms with Gasteiger partial charge in [-0.2, -0.15) is 0 Å². The molecule has 9 nitrogen and oxygen atoms in total. The van der Waals surface area contributed by atoms with Crippen molar-refractivity contribution in [2.75, 3.05) is 37.8 Å². The van der Waals surface area contributed by atoms with Crippen molar-refractivity contribution >= 4 is 46.0 Å². The number of thioether (sulfide) groups is 1. The number of ether oxygens (including phenoxy) is 2. The molecule has 2 aromatic rings. The van der Waals surface area contributed by atoms with Gasteiger partial charge in [-0.1, -0.05) is 0 Å². The van der Waals surface area contributed by atoms with Crippen molar-refractivity contribution in [2.24, 2.45) is 4.99 Å². The Morgan fingerprint density at radius 3 is 2.69 bits per heavy atom. The van der Waals surface area contributed by atoms with E-state index in [1.165, 1.54) is 23.9 Å². The van der Waals surface area contributed by atoms with E-state index in [-0.39, 0.29) is 11.6 Å². The van der Waals surface area contributed by atoms with E-state index < -0.39 is 4.92 Å². The number of aliphatic imine (C=N–C) groups is 1. The largest absolute Gasteiger partial charge is 0.494 e. The molecule has 1 N–H and O–H groups in total. The standard InChI is InChI=1S/C22H22N4O5S/c1-2-31-18-6-3-16(4-7-18)23-22-24-21(27)20(32-22)14-15-13-17(26(28)29)5-8-19(15)25-9-11-30-12-10-25/h3-8,13-14H,2,9-12H2,1H3,(H,23,24,27)/b20-14-. The van der Waals surface area contributed by atoms with E-state index in [9.17, 15) is 14.9 Å². The van der Waals surface area contributed by atoms with E-state index in [4.69, 9.17) is 9.47 Å². The van der Waals surface area contributed by atoms with Crippen LogP contribution in [0, 0.1) is 10.1 Å². The second-order valence-corrected chi connectivity index (χ2v) is 8.04. The van der Waals surface area contributed by atoms with Crippen LogP contribution in [0.25, 0.3) is 6.08 Å². The summed E-state index contributed by atoms with van der Waals surface area (Å²) >= 11 is 1.20. The molecule has 10 heteroatoms. The Bertz CT molecular complexity index is 1080. The molecule has 0 saturated carbocycles. The van der Waals surface area contributed by atoms with E-state index in [2.05, 4.69) is 15.2 Å². The maximum atomic E-state index is 12.6. The molecule has 0 aliphatic carbocycles. The number of anilines is 1. The van der Waals surface area contributed by atoms with Crippen LogP contribution in [-0.4, -0.2) is 48.9 Å². The average Bonchev–Trinajstić information content (AvgIpc) is 3.14. The van der Waals surface area contributed by atoms with Crippen LogP contribution in [-0.2, 0) is 9.53 Å². The monoisotopic (exact) mass is 454 g/mol. The van der Waals surface area contributed by atoms with Crippen LogP contribution in [0.4, 0.5) is 17.1 Å². The van der Waals surface area contributed by atoms with E-state index in [0.717, 1.165) is 11.4 Å². The summed E-state index contributed by atoms with van der Waals surface area (Å²) in [7, 11) is 0. The third-order valence-electron chi connectivity index (χ3n) is 4.89. The zero-order chi connectivity index (χ0) is 22.5. The number of hydrogen-bond acceptors (Lipinski definition) is 8. The first-order valence-corrected chi connectivity index (χ1v) is 11.0. The fourth-order valence-electron chi connectivity index (χ4n) is 3.39. The summed E-state index contributed by atoms with van der Waals surface area (Å²) in [5, 5.41) is 14.5. The van der Waals surface area contributed by atoms with Gasteiger partial charge < -0.3 is 19.7 Å². The van der Waals surface area contributed by atoms with Crippen molar-refractivity contribution in [2.45, 2.75) is 6.92 Å². The molecule has 0 spiro atoms. The van der Waals surface area contributed by atoms with Gasteiger partial charge in [0, 0.05) is 36.5 Å². The summed E-state index contributed by atoms with van der Waals surface area (Å²) in [6.07, 6.45) is 1.68. The Balaban J connectivity index is 1.60. The lowest BCUT2D eigenvalue weighted by molar-refractivity contribution is -0.384. The van der Waals surface area contributed by atoms with Gasteiger partial charge in [0.05, 0.1) is 35.3 Å². The maximum absolute atomic E-state index is 12.6. The molecule has 0 atom stereocenters. The first-order chi connectivity index (χ1) is 15.5. The third kappa shape index (κ3) is 5.09. The fourth-order valence-corrected chi connectivity index (χ4v) is 4.22. The zero-order valence-corrected chi connectivity index (χ0v) is 18.3. The van der Waals surface area contributed by atoms with Crippen LogP contribution in [0.1, 0.15) is 12.5 Å². The highest BCUT2D eigenvalue weighted by Gasteiger charge is 2.25. The van der Waals surface area contributed by atoms with Gasteiger partial charge in [0.25, 0.3) is 11.6 Å². The SMILES string of the molecule is CCOc1ccc(N=C2NC(=O)/C(=C/c3cc([N+](=O)[O-])ccc3N3CCOCC3)S2)cc1. The molecule has 2 aliphatic rings. The summed E-state index contributed by atoms with van der Waals surface area (Å²) in [5.74, 6) is 0.459. The Hall–Kier alpha value is -3.37. The maximum Gasteiger partial charge on any atom is 0.270 e. The van der Waals surface area contributed by atoms with Crippen molar-refractivity contribution in [3.63, 3.8) is 0 Å². The lowest BCUT2D eigenvalue weighted by Crippen LogP contribution is -2.36. The molecule has 0 bridgehead atoms. The van der Waals surface area contributed by atoms with Crippen LogP contribution in [0.3, 0.4) is 0 Å². The van der Waals surface area contributed by atoms with Gasteiger partial charge >= 0.3 is 0 Å². The smallest absolute Gasteiger partial charge is 0.270 e. The molecular weight excluding hydrogens is 432 g/mol. The van der Waals surface area contributed by atoms with Crippen molar-refractivity contribution in [1.29, 1.82) is 0 Å². The minimum atomic E-state index is -0.439. The number of morpholine rings is 1. The molecule has 2 saturated heterocycles. The number of nitrogens with one attached hydrogen (secondary N) is 1. The predicted molar refractivity (Wildman–Crippen MR) is 125 cm³/mol. The number of nitro groups is 1. The summed E-state index contributed by atoms with van der Waals surface area (Å²) < 4.78 is 10.8.